The van der Waals surface area contributed by atoms with Crippen LogP contribution in [-0.4, -0.2) is 51.0 Å². The van der Waals surface area contributed by atoms with Crippen LogP contribution in [-0.2, 0) is 11.2 Å². The minimum Gasteiger partial charge on any atom is -0.353 e. The lowest BCUT2D eigenvalue weighted by molar-refractivity contribution is -0.134. The van der Waals surface area contributed by atoms with Gasteiger partial charge in [0.05, 0.1) is 5.41 Å². The fourth-order valence-corrected chi connectivity index (χ4v) is 4.66. The molecule has 1 unspecified atom stereocenters. The molecule has 172 valence electrons. The van der Waals surface area contributed by atoms with Crippen LogP contribution in [0.4, 0.5) is 0 Å². The molecule has 2 N–H and O–H groups in total. The Morgan fingerprint density at radius 1 is 1.15 bits per heavy atom. The standard InChI is InChI=1S/C26H31N5O2/c1-18(2)29-25(33)26(11-6-12-31(16-26)24(32)23-27-17-28-30-23)15-20-8-5-10-22(14-20)21-9-4-7-19(3)13-21/h4-5,7-10,13-14,17-18H,6,11-12,15-16H2,1-3H3,(H,29,33)(H,27,28,30). The fourth-order valence-electron chi connectivity index (χ4n) is 4.66. The number of hydrogen-bond donors (Lipinski definition) is 2. The van der Waals surface area contributed by atoms with Gasteiger partial charge in [-0.3, -0.25) is 14.7 Å². The predicted molar refractivity (Wildman–Crippen MR) is 128 cm³/mol. The molecule has 2 aromatic carbocycles. The molecule has 33 heavy (non-hydrogen) atoms. The van der Waals surface area contributed by atoms with Crippen LogP contribution in [0.25, 0.3) is 11.1 Å². The van der Waals surface area contributed by atoms with E-state index < -0.39 is 5.41 Å². The molecular weight excluding hydrogens is 414 g/mol. The van der Waals surface area contributed by atoms with E-state index in [1.54, 1.807) is 4.90 Å². The first-order valence-electron chi connectivity index (χ1n) is 11.5. The number of piperidine rings is 1. The van der Waals surface area contributed by atoms with Crippen LogP contribution in [0.15, 0.2) is 54.9 Å². The molecule has 1 saturated heterocycles. The highest BCUT2D eigenvalue weighted by atomic mass is 16.2. The fraction of sp³-hybridized carbons (Fsp3) is 0.385. The van der Waals surface area contributed by atoms with Crippen molar-refractivity contribution in [3.63, 3.8) is 0 Å². The molecule has 1 atom stereocenters. The number of benzene rings is 2. The summed E-state index contributed by atoms with van der Waals surface area (Å²) in [6, 6.07) is 16.8. The smallest absolute Gasteiger partial charge is 0.291 e. The Kier molecular flexibility index (Phi) is 6.58. The number of likely N-dealkylation sites (tertiary alicyclic amines) is 1. The predicted octanol–water partition coefficient (Wildman–Crippen LogP) is 3.77. The normalized spacial score (nSPS) is 18.4. The van der Waals surface area contributed by atoms with Crippen molar-refractivity contribution in [2.75, 3.05) is 13.1 Å². The maximum Gasteiger partial charge on any atom is 0.291 e. The van der Waals surface area contributed by atoms with E-state index in [1.807, 2.05) is 19.9 Å². The maximum absolute atomic E-state index is 13.5. The Bertz CT molecular complexity index is 1130. The first kappa shape index (κ1) is 22.7. The number of aromatic nitrogens is 3. The van der Waals surface area contributed by atoms with E-state index in [-0.39, 0.29) is 23.7 Å². The molecule has 1 aromatic heterocycles. The van der Waals surface area contributed by atoms with Crippen molar-refractivity contribution in [1.82, 2.24) is 25.4 Å². The van der Waals surface area contributed by atoms with Gasteiger partial charge in [-0.25, -0.2) is 4.98 Å². The Morgan fingerprint density at radius 3 is 2.61 bits per heavy atom. The maximum atomic E-state index is 13.5. The first-order valence-corrected chi connectivity index (χ1v) is 11.5. The van der Waals surface area contributed by atoms with E-state index in [0.717, 1.165) is 29.5 Å². The monoisotopic (exact) mass is 445 g/mol. The highest BCUT2D eigenvalue weighted by Gasteiger charge is 2.44. The first-order chi connectivity index (χ1) is 15.9. The van der Waals surface area contributed by atoms with Crippen LogP contribution in [0.1, 0.15) is 48.4 Å². The third-order valence-corrected chi connectivity index (χ3v) is 6.20. The van der Waals surface area contributed by atoms with Gasteiger partial charge in [-0.1, -0.05) is 54.1 Å². The summed E-state index contributed by atoms with van der Waals surface area (Å²) >= 11 is 0. The van der Waals surface area contributed by atoms with Crippen molar-refractivity contribution in [2.45, 2.75) is 46.1 Å². The number of nitrogens with zero attached hydrogens (tertiary/aromatic N) is 3. The number of rotatable bonds is 6. The van der Waals surface area contributed by atoms with Crippen LogP contribution in [0.5, 0.6) is 0 Å². The van der Waals surface area contributed by atoms with Gasteiger partial charge in [-0.05, 0) is 56.7 Å². The highest BCUT2D eigenvalue weighted by Crippen LogP contribution is 2.36. The molecule has 2 amide bonds. The summed E-state index contributed by atoms with van der Waals surface area (Å²) in [5.74, 6) is -0.0209. The van der Waals surface area contributed by atoms with Crippen molar-refractivity contribution in [3.8, 4) is 11.1 Å². The van der Waals surface area contributed by atoms with Crippen molar-refractivity contribution in [3.05, 3.63) is 71.8 Å². The Labute approximate surface area is 194 Å². The largest absolute Gasteiger partial charge is 0.353 e. The van der Waals surface area contributed by atoms with Gasteiger partial charge in [0.15, 0.2) is 0 Å². The lowest BCUT2D eigenvalue weighted by Gasteiger charge is -2.42. The Hall–Kier alpha value is -3.48. The summed E-state index contributed by atoms with van der Waals surface area (Å²) < 4.78 is 0. The van der Waals surface area contributed by atoms with Gasteiger partial charge in [0.2, 0.25) is 11.7 Å². The highest BCUT2D eigenvalue weighted by molar-refractivity contribution is 5.91. The number of nitrogens with one attached hydrogen (secondary N) is 2. The summed E-state index contributed by atoms with van der Waals surface area (Å²) in [5.41, 5.74) is 3.87. The topological polar surface area (TPSA) is 91.0 Å². The minimum atomic E-state index is -0.705. The molecule has 0 radical (unpaired) electrons. The number of H-pyrrole nitrogens is 1. The average molecular weight is 446 g/mol. The Balaban J connectivity index is 1.64. The lowest BCUT2D eigenvalue weighted by Crippen LogP contribution is -2.55. The molecule has 0 saturated carbocycles. The van der Waals surface area contributed by atoms with Gasteiger partial charge in [-0.15, -0.1) is 0 Å². The van der Waals surface area contributed by atoms with E-state index in [4.69, 9.17) is 0 Å². The third-order valence-electron chi connectivity index (χ3n) is 6.20. The van der Waals surface area contributed by atoms with E-state index >= 15 is 0 Å². The van der Waals surface area contributed by atoms with E-state index in [0.29, 0.717) is 19.5 Å². The second-order valence-electron chi connectivity index (χ2n) is 9.32. The zero-order valence-electron chi connectivity index (χ0n) is 19.5. The molecule has 1 aliphatic rings. The molecule has 1 fully saturated rings. The molecule has 7 nitrogen and oxygen atoms in total. The summed E-state index contributed by atoms with van der Waals surface area (Å²) in [4.78, 5) is 32.2. The second-order valence-corrected chi connectivity index (χ2v) is 9.32. The summed E-state index contributed by atoms with van der Waals surface area (Å²) in [6.45, 7) is 6.95. The molecule has 7 heteroatoms. The number of amides is 2. The Morgan fingerprint density at radius 2 is 1.91 bits per heavy atom. The molecule has 1 aliphatic heterocycles. The van der Waals surface area contributed by atoms with Crippen molar-refractivity contribution >= 4 is 11.8 Å². The molecule has 2 heterocycles. The summed E-state index contributed by atoms with van der Waals surface area (Å²) in [5, 5.41) is 9.56. The van der Waals surface area contributed by atoms with Gasteiger partial charge in [0, 0.05) is 19.1 Å². The molecular formula is C26H31N5O2. The molecule has 0 aliphatic carbocycles. The minimum absolute atomic E-state index is 0.00599. The van der Waals surface area contributed by atoms with E-state index in [1.165, 1.54) is 11.9 Å². The lowest BCUT2D eigenvalue weighted by atomic mass is 9.73. The third kappa shape index (κ3) is 5.13. The summed E-state index contributed by atoms with van der Waals surface area (Å²) in [6.07, 6.45) is 3.36. The van der Waals surface area contributed by atoms with Gasteiger partial charge < -0.3 is 10.2 Å². The average Bonchev–Trinajstić information content (AvgIpc) is 3.33. The van der Waals surface area contributed by atoms with Gasteiger partial charge in [0.1, 0.15) is 6.33 Å². The summed E-state index contributed by atoms with van der Waals surface area (Å²) in [7, 11) is 0. The van der Waals surface area contributed by atoms with Gasteiger partial charge in [0.25, 0.3) is 5.91 Å². The van der Waals surface area contributed by atoms with Crippen molar-refractivity contribution < 1.29 is 9.59 Å². The number of aromatic amines is 1. The zero-order valence-corrected chi connectivity index (χ0v) is 19.5. The second kappa shape index (κ2) is 9.57. The SMILES string of the molecule is Cc1cccc(-c2cccc(CC3(C(=O)NC(C)C)CCCN(C(=O)c4ncn[nH]4)C3)c2)c1. The van der Waals surface area contributed by atoms with Crippen LogP contribution in [0, 0.1) is 12.3 Å². The number of aryl methyl sites for hydroxylation is 1. The van der Waals surface area contributed by atoms with E-state index in [2.05, 4.69) is 69.9 Å². The zero-order chi connectivity index (χ0) is 23.4. The van der Waals surface area contributed by atoms with Crippen LogP contribution < -0.4 is 5.32 Å². The van der Waals surface area contributed by atoms with Crippen LogP contribution >= 0.6 is 0 Å². The van der Waals surface area contributed by atoms with Gasteiger partial charge in [-0.2, -0.15) is 5.10 Å². The van der Waals surface area contributed by atoms with Crippen LogP contribution in [0.3, 0.4) is 0 Å². The number of carbonyl (C=O) groups excluding carboxylic acids is 2. The quantitative estimate of drug-likeness (QED) is 0.604. The van der Waals surface area contributed by atoms with E-state index in [9.17, 15) is 9.59 Å². The number of hydrogen-bond acceptors (Lipinski definition) is 4. The van der Waals surface area contributed by atoms with Crippen LogP contribution in [0.2, 0.25) is 0 Å². The van der Waals surface area contributed by atoms with Gasteiger partial charge >= 0.3 is 0 Å². The molecule has 4 rings (SSSR count). The molecule has 0 bridgehead atoms. The van der Waals surface area contributed by atoms with Crippen molar-refractivity contribution in [1.29, 1.82) is 0 Å². The molecule has 0 spiro atoms. The number of carbonyl (C=O) groups is 2. The molecule has 3 aromatic rings. The van der Waals surface area contributed by atoms with Crippen molar-refractivity contribution in [2.24, 2.45) is 5.41 Å².